The molecule has 0 fully saturated rings. The molecule has 0 aliphatic carbocycles. The Hall–Kier alpha value is -3.72. The molecule has 0 aliphatic rings. The first-order valence-electron chi connectivity index (χ1n) is 8.65. The van der Waals surface area contributed by atoms with E-state index in [0.29, 0.717) is 16.5 Å². The highest BCUT2D eigenvalue weighted by Gasteiger charge is 2.20. The minimum atomic E-state index is -0.318. The average molecular weight is 410 g/mol. The second-order valence-electron chi connectivity index (χ2n) is 6.33. The first-order chi connectivity index (χ1) is 14.0. The van der Waals surface area contributed by atoms with Crippen molar-refractivity contribution in [3.05, 3.63) is 59.1 Å². The van der Waals surface area contributed by atoms with E-state index >= 15 is 0 Å². The van der Waals surface area contributed by atoms with Gasteiger partial charge in [0, 0.05) is 16.3 Å². The van der Waals surface area contributed by atoms with Crippen molar-refractivity contribution < 1.29 is 9.32 Å². The highest BCUT2D eigenvalue weighted by Crippen LogP contribution is 2.25. The van der Waals surface area contributed by atoms with Gasteiger partial charge < -0.3 is 15.6 Å². The minimum absolute atomic E-state index is 0.125. The van der Waals surface area contributed by atoms with Gasteiger partial charge in [-0.15, -0.1) is 5.10 Å². The van der Waals surface area contributed by atoms with Gasteiger partial charge in [0.2, 0.25) is 11.7 Å². The Morgan fingerprint density at radius 2 is 1.90 bits per heavy atom. The summed E-state index contributed by atoms with van der Waals surface area (Å²) in [4.78, 5) is 16.6. The summed E-state index contributed by atoms with van der Waals surface area (Å²) in [5.41, 5.74) is 8.84. The summed E-state index contributed by atoms with van der Waals surface area (Å²) < 4.78 is 6.53. The Labute approximate surface area is 170 Å². The number of nitrogens with one attached hydrogen (secondary N) is 1. The zero-order valence-electron chi connectivity index (χ0n) is 15.3. The molecule has 4 aromatic rings. The summed E-state index contributed by atoms with van der Waals surface area (Å²) in [6.45, 7) is 1.87. The van der Waals surface area contributed by atoms with Gasteiger partial charge in [-0.05, 0) is 31.2 Å². The van der Waals surface area contributed by atoms with Crippen molar-refractivity contribution in [1.29, 1.82) is 0 Å². The third-order valence-electron chi connectivity index (χ3n) is 4.13. The number of aromatic nitrogens is 5. The van der Waals surface area contributed by atoms with Gasteiger partial charge in [0.05, 0.1) is 0 Å². The second kappa shape index (κ2) is 7.72. The highest BCUT2D eigenvalue weighted by molar-refractivity contribution is 6.30. The normalized spacial score (nSPS) is 10.8. The molecule has 0 bridgehead atoms. The van der Waals surface area contributed by atoms with Crippen LogP contribution < -0.4 is 11.1 Å². The van der Waals surface area contributed by atoms with Crippen LogP contribution in [0.1, 0.15) is 5.56 Å². The molecule has 1 amide bonds. The Kier molecular flexibility index (Phi) is 4.96. The Morgan fingerprint density at radius 1 is 1.17 bits per heavy atom. The van der Waals surface area contributed by atoms with Crippen LogP contribution in [0.5, 0.6) is 0 Å². The van der Waals surface area contributed by atoms with E-state index in [1.54, 1.807) is 24.3 Å². The van der Waals surface area contributed by atoms with Gasteiger partial charge in [-0.2, -0.15) is 4.98 Å². The molecule has 146 valence electrons. The summed E-state index contributed by atoms with van der Waals surface area (Å²) >= 11 is 5.84. The third-order valence-corrected chi connectivity index (χ3v) is 4.39. The van der Waals surface area contributed by atoms with Crippen molar-refractivity contribution in [3.63, 3.8) is 0 Å². The molecular weight excluding hydrogens is 394 g/mol. The molecule has 29 heavy (non-hydrogen) atoms. The van der Waals surface area contributed by atoms with Gasteiger partial charge >= 0.3 is 0 Å². The Bertz CT molecular complexity index is 1150. The minimum Gasteiger partial charge on any atom is -0.382 e. The number of anilines is 2. The molecule has 2 aromatic heterocycles. The molecule has 0 saturated carbocycles. The largest absolute Gasteiger partial charge is 0.382 e. The molecule has 2 heterocycles. The molecule has 2 aromatic carbocycles. The number of nitrogens with zero attached hydrogens (tertiary/aromatic N) is 5. The van der Waals surface area contributed by atoms with E-state index in [-0.39, 0.29) is 29.9 Å². The van der Waals surface area contributed by atoms with E-state index in [1.807, 2.05) is 31.2 Å². The topological polar surface area (TPSA) is 125 Å². The number of aryl methyl sites for hydroxylation is 1. The quantitative estimate of drug-likeness (QED) is 0.518. The zero-order chi connectivity index (χ0) is 20.4. The number of hydrogen-bond acceptors (Lipinski definition) is 7. The van der Waals surface area contributed by atoms with Crippen LogP contribution in [0.15, 0.2) is 53.1 Å². The number of hydrogen-bond donors (Lipinski definition) is 2. The second-order valence-corrected chi connectivity index (χ2v) is 6.76. The number of amides is 1. The van der Waals surface area contributed by atoms with E-state index in [1.165, 1.54) is 4.68 Å². The average Bonchev–Trinajstić information content (AvgIpc) is 3.32. The lowest BCUT2D eigenvalue weighted by molar-refractivity contribution is -0.116. The van der Waals surface area contributed by atoms with Crippen LogP contribution in [0.3, 0.4) is 0 Å². The van der Waals surface area contributed by atoms with Crippen molar-refractivity contribution in [3.8, 4) is 23.0 Å². The smallest absolute Gasteiger partial charge is 0.282 e. The van der Waals surface area contributed by atoms with Crippen LogP contribution in [-0.2, 0) is 11.3 Å². The SMILES string of the molecule is Cc1ccc(-c2noc(-c3nnn(CC(=O)Nc4ccc(Cl)cc4)c3N)n2)cc1. The molecule has 0 unspecified atom stereocenters. The van der Waals surface area contributed by atoms with Crippen LogP contribution >= 0.6 is 11.6 Å². The Balaban J connectivity index is 1.49. The van der Waals surface area contributed by atoms with Gasteiger partial charge in [-0.1, -0.05) is 51.8 Å². The number of carbonyl (C=O) groups excluding carboxylic acids is 1. The lowest BCUT2D eigenvalue weighted by Crippen LogP contribution is -2.20. The molecular formula is C19H16ClN7O2. The van der Waals surface area contributed by atoms with E-state index in [2.05, 4.69) is 25.8 Å². The van der Waals surface area contributed by atoms with Gasteiger partial charge in [0.25, 0.3) is 5.89 Å². The van der Waals surface area contributed by atoms with Crippen LogP contribution in [0.2, 0.25) is 5.02 Å². The van der Waals surface area contributed by atoms with Gasteiger partial charge in [-0.3, -0.25) is 4.79 Å². The van der Waals surface area contributed by atoms with Crippen LogP contribution in [-0.4, -0.2) is 31.0 Å². The number of carbonyl (C=O) groups is 1. The third kappa shape index (κ3) is 4.09. The van der Waals surface area contributed by atoms with Gasteiger partial charge in [0.1, 0.15) is 6.54 Å². The van der Waals surface area contributed by atoms with Crippen LogP contribution in [0.25, 0.3) is 23.0 Å². The van der Waals surface area contributed by atoms with Crippen molar-refractivity contribution in [1.82, 2.24) is 25.1 Å². The number of benzene rings is 2. The van der Waals surface area contributed by atoms with E-state index in [9.17, 15) is 4.79 Å². The van der Waals surface area contributed by atoms with Gasteiger partial charge in [0.15, 0.2) is 11.5 Å². The molecule has 0 saturated heterocycles. The summed E-state index contributed by atoms with van der Waals surface area (Å²) in [7, 11) is 0. The number of halogens is 1. The fourth-order valence-corrected chi connectivity index (χ4v) is 2.72. The van der Waals surface area contributed by atoms with Crippen molar-refractivity contribution in [2.75, 3.05) is 11.1 Å². The first kappa shape index (κ1) is 18.6. The fourth-order valence-electron chi connectivity index (χ4n) is 2.60. The molecule has 10 heteroatoms. The van der Waals surface area contributed by atoms with E-state index in [4.69, 9.17) is 21.9 Å². The fraction of sp³-hybridized carbons (Fsp3) is 0.105. The highest BCUT2D eigenvalue weighted by atomic mass is 35.5. The number of nitrogens with two attached hydrogens (primary N) is 1. The molecule has 0 atom stereocenters. The molecule has 0 radical (unpaired) electrons. The molecule has 9 nitrogen and oxygen atoms in total. The molecule has 0 spiro atoms. The van der Waals surface area contributed by atoms with Crippen molar-refractivity contribution in [2.45, 2.75) is 13.5 Å². The predicted molar refractivity (Wildman–Crippen MR) is 108 cm³/mol. The van der Waals surface area contributed by atoms with Crippen molar-refractivity contribution in [2.24, 2.45) is 0 Å². The van der Waals surface area contributed by atoms with E-state index in [0.717, 1.165) is 11.1 Å². The van der Waals surface area contributed by atoms with E-state index < -0.39 is 0 Å². The van der Waals surface area contributed by atoms with Crippen LogP contribution in [0.4, 0.5) is 11.5 Å². The monoisotopic (exact) mass is 409 g/mol. The predicted octanol–water partition coefficient (Wildman–Crippen LogP) is 3.18. The maximum atomic E-state index is 12.2. The van der Waals surface area contributed by atoms with Crippen LogP contribution in [0, 0.1) is 6.92 Å². The first-order valence-corrected chi connectivity index (χ1v) is 9.03. The maximum Gasteiger partial charge on any atom is 0.282 e. The lowest BCUT2D eigenvalue weighted by Gasteiger charge is -2.06. The van der Waals surface area contributed by atoms with Crippen molar-refractivity contribution >= 4 is 29.0 Å². The van der Waals surface area contributed by atoms with Gasteiger partial charge in [-0.25, -0.2) is 4.68 Å². The summed E-state index contributed by atoms with van der Waals surface area (Å²) in [6, 6.07) is 14.4. The summed E-state index contributed by atoms with van der Waals surface area (Å²) in [6.07, 6.45) is 0. The molecule has 0 aliphatic heterocycles. The number of nitrogen functional groups attached to an aromatic ring is 1. The molecule has 3 N–H and O–H groups in total. The summed E-state index contributed by atoms with van der Waals surface area (Å²) in [5.74, 6) is 0.369. The summed E-state index contributed by atoms with van der Waals surface area (Å²) in [5, 5.41) is 15.2. The number of rotatable bonds is 5. The zero-order valence-corrected chi connectivity index (χ0v) is 16.1. The molecule has 4 rings (SSSR count). The lowest BCUT2D eigenvalue weighted by atomic mass is 10.1. The standard InChI is InChI=1S/C19H16ClN7O2/c1-11-2-4-12(5-3-11)18-23-19(29-25-18)16-17(21)27(26-24-16)10-15(28)22-14-8-6-13(20)7-9-14/h2-9H,10,21H2,1H3,(H,22,28). The maximum absolute atomic E-state index is 12.2. The Morgan fingerprint density at radius 3 is 2.62 bits per heavy atom.